The maximum absolute atomic E-state index is 12.7. The Labute approximate surface area is 184 Å². The number of hydrogen-bond donors (Lipinski definition) is 0. The molecule has 152 valence electrons. The average molecular weight is 450 g/mol. The number of imide groups is 1. The van der Waals surface area contributed by atoms with Gasteiger partial charge in [-0.2, -0.15) is 0 Å². The number of hydrogen-bond acceptors (Lipinski definition) is 4. The summed E-state index contributed by atoms with van der Waals surface area (Å²) in [6, 6.07) is 11.1. The summed E-state index contributed by atoms with van der Waals surface area (Å²) < 4.78 is 5.91. The zero-order valence-electron chi connectivity index (χ0n) is 16.4. The van der Waals surface area contributed by atoms with Crippen molar-refractivity contribution in [1.82, 2.24) is 4.90 Å². The molecule has 29 heavy (non-hydrogen) atoms. The summed E-state index contributed by atoms with van der Waals surface area (Å²) in [7, 11) is 0. The first-order chi connectivity index (χ1) is 13.8. The summed E-state index contributed by atoms with van der Waals surface area (Å²) in [6.07, 6.45) is 1.61. The lowest BCUT2D eigenvalue weighted by molar-refractivity contribution is -0.123. The lowest BCUT2D eigenvalue weighted by Crippen LogP contribution is -2.32. The van der Waals surface area contributed by atoms with Gasteiger partial charge in [-0.05, 0) is 65.6 Å². The predicted octanol–water partition coefficient (Wildman–Crippen LogP) is 6.54. The molecular weight excluding hydrogens is 429 g/mol. The second-order valence-electron chi connectivity index (χ2n) is 7.04. The number of halogens is 2. The van der Waals surface area contributed by atoms with Crippen molar-refractivity contribution in [3.05, 3.63) is 68.0 Å². The normalized spacial score (nSPS) is 15.7. The van der Waals surface area contributed by atoms with Gasteiger partial charge >= 0.3 is 0 Å². The van der Waals surface area contributed by atoms with Crippen LogP contribution in [0, 0.1) is 6.92 Å². The van der Waals surface area contributed by atoms with Gasteiger partial charge in [0.25, 0.3) is 11.1 Å². The summed E-state index contributed by atoms with van der Waals surface area (Å²) in [5.41, 5.74) is 2.83. The molecule has 3 rings (SSSR count). The van der Waals surface area contributed by atoms with Crippen LogP contribution in [0.15, 0.2) is 41.3 Å². The van der Waals surface area contributed by atoms with Crippen LogP contribution in [0.5, 0.6) is 5.75 Å². The van der Waals surface area contributed by atoms with Gasteiger partial charge in [-0.3, -0.25) is 14.5 Å². The SMILES string of the molecule is Cc1ccc(C(C)C)c(OCCN2C(=O)S/C(=C\c3ccc(Cl)cc3Cl)C2=O)c1. The van der Waals surface area contributed by atoms with E-state index in [-0.39, 0.29) is 24.3 Å². The Morgan fingerprint density at radius 1 is 1.14 bits per heavy atom. The first-order valence-corrected chi connectivity index (χ1v) is 10.8. The zero-order chi connectivity index (χ0) is 21.1. The van der Waals surface area contributed by atoms with Gasteiger partial charge < -0.3 is 4.74 Å². The van der Waals surface area contributed by atoms with Crippen molar-refractivity contribution in [2.24, 2.45) is 0 Å². The summed E-state index contributed by atoms with van der Waals surface area (Å²) in [4.78, 5) is 26.5. The van der Waals surface area contributed by atoms with Crippen molar-refractivity contribution in [2.45, 2.75) is 26.7 Å². The molecule has 1 aliphatic rings. The molecule has 1 saturated heterocycles. The molecule has 0 bridgehead atoms. The standard InChI is InChI=1S/C22H21Cl2NO3S/c1-13(2)17-7-4-14(3)10-19(17)28-9-8-25-21(26)20(29-22(25)27)11-15-5-6-16(23)12-18(15)24/h4-7,10-13H,8-9H2,1-3H3/b20-11-. The van der Waals surface area contributed by atoms with Crippen LogP contribution < -0.4 is 4.74 Å². The fourth-order valence-electron chi connectivity index (χ4n) is 2.94. The Kier molecular flexibility index (Phi) is 6.93. The second kappa shape index (κ2) is 9.24. The van der Waals surface area contributed by atoms with Crippen molar-refractivity contribution in [2.75, 3.05) is 13.2 Å². The van der Waals surface area contributed by atoms with Crippen LogP contribution in [-0.2, 0) is 4.79 Å². The third-order valence-electron chi connectivity index (χ3n) is 4.49. The summed E-state index contributed by atoms with van der Waals surface area (Å²) in [5.74, 6) is 0.758. The number of thioether (sulfide) groups is 1. The zero-order valence-corrected chi connectivity index (χ0v) is 18.7. The maximum atomic E-state index is 12.7. The topological polar surface area (TPSA) is 46.6 Å². The molecule has 2 aromatic rings. The monoisotopic (exact) mass is 449 g/mol. The molecule has 1 aliphatic heterocycles. The predicted molar refractivity (Wildman–Crippen MR) is 120 cm³/mol. The molecule has 0 aliphatic carbocycles. The summed E-state index contributed by atoms with van der Waals surface area (Å²) in [6.45, 7) is 6.61. The van der Waals surface area contributed by atoms with Gasteiger partial charge in [-0.25, -0.2) is 0 Å². The second-order valence-corrected chi connectivity index (χ2v) is 8.88. The first-order valence-electron chi connectivity index (χ1n) is 9.20. The van der Waals surface area contributed by atoms with E-state index in [0.29, 0.717) is 26.4 Å². The number of benzene rings is 2. The lowest BCUT2D eigenvalue weighted by Gasteiger charge is -2.17. The molecule has 0 atom stereocenters. The number of amides is 2. The van der Waals surface area contributed by atoms with Gasteiger partial charge in [0.15, 0.2) is 0 Å². The minimum Gasteiger partial charge on any atom is -0.491 e. The van der Waals surface area contributed by atoms with Crippen LogP contribution in [-0.4, -0.2) is 29.2 Å². The van der Waals surface area contributed by atoms with Gasteiger partial charge in [0, 0.05) is 10.0 Å². The van der Waals surface area contributed by atoms with Crippen LogP contribution in [0.25, 0.3) is 6.08 Å². The van der Waals surface area contributed by atoms with E-state index in [2.05, 4.69) is 13.8 Å². The number of rotatable bonds is 6. The third-order valence-corrected chi connectivity index (χ3v) is 5.96. The van der Waals surface area contributed by atoms with E-state index < -0.39 is 0 Å². The van der Waals surface area contributed by atoms with Gasteiger partial charge in [-0.15, -0.1) is 0 Å². The van der Waals surface area contributed by atoms with Gasteiger partial charge in [-0.1, -0.05) is 55.2 Å². The summed E-state index contributed by atoms with van der Waals surface area (Å²) in [5, 5.41) is 0.617. The minimum atomic E-state index is -0.344. The molecule has 1 fully saturated rings. The molecule has 1 heterocycles. The molecule has 0 spiro atoms. The number of carbonyl (C=O) groups excluding carboxylic acids is 2. The van der Waals surface area contributed by atoms with E-state index in [1.807, 2.05) is 25.1 Å². The smallest absolute Gasteiger partial charge is 0.293 e. The Balaban J connectivity index is 1.68. The average Bonchev–Trinajstić information content (AvgIpc) is 2.91. The van der Waals surface area contributed by atoms with Gasteiger partial charge in [0.1, 0.15) is 12.4 Å². The van der Waals surface area contributed by atoms with Crippen molar-refractivity contribution >= 4 is 52.2 Å². The molecule has 0 radical (unpaired) electrons. The van der Waals surface area contributed by atoms with Crippen LogP contribution in [0.3, 0.4) is 0 Å². The highest BCUT2D eigenvalue weighted by Crippen LogP contribution is 2.34. The lowest BCUT2D eigenvalue weighted by atomic mass is 10.0. The van der Waals surface area contributed by atoms with Crippen molar-refractivity contribution in [3.63, 3.8) is 0 Å². The highest BCUT2D eigenvalue weighted by atomic mass is 35.5. The number of nitrogens with zero attached hydrogens (tertiary/aromatic N) is 1. The highest BCUT2D eigenvalue weighted by molar-refractivity contribution is 8.18. The number of ether oxygens (including phenoxy) is 1. The third kappa shape index (κ3) is 5.16. The highest BCUT2D eigenvalue weighted by Gasteiger charge is 2.35. The number of aryl methyl sites for hydroxylation is 1. The van der Waals surface area contributed by atoms with E-state index in [9.17, 15) is 9.59 Å². The van der Waals surface area contributed by atoms with Crippen LogP contribution in [0.1, 0.15) is 36.5 Å². The fraction of sp³-hybridized carbons (Fsp3) is 0.273. The van der Waals surface area contributed by atoms with E-state index in [4.69, 9.17) is 27.9 Å². The largest absolute Gasteiger partial charge is 0.491 e. The minimum absolute atomic E-state index is 0.182. The Hall–Kier alpha value is -1.95. The Bertz CT molecular complexity index is 988. The molecule has 0 aromatic heterocycles. The van der Waals surface area contributed by atoms with Crippen LogP contribution in [0.4, 0.5) is 4.79 Å². The van der Waals surface area contributed by atoms with Crippen LogP contribution >= 0.6 is 35.0 Å². The fourth-order valence-corrected chi connectivity index (χ4v) is 4.26. The Morgan fingerprint density at radius 2 is 1.90 bits per heavy atom. The molecule has 0 N–H and O–H groups in total. The van der Waals surface area contributed by atoms with Crippen molar-refractivity contribution < 1.29 is 14.3 Å². The molecule has 2 amide bonds. The number of carbonyl (C=O) groups is 2. The van der Waals surface area contributed by atoms with Crippen molar-refractivity contribution in [3.8, 4) is 5.75 Å². The van der Waals surface area contributed by atoms with Gasteiger partial charge in [0.05, 0.1) is 11.4 Å². The molecule has 4 nitrogen and oxygen atoms in total. The molecule has 0 unspecified atom stereocenters. The van der Waals surface area contributed by atoms with E-state index >= 15 is 0 Å². The molecule has 0 saturated carbocycles. The molecule has 7 heteroatoms. The van der Waals surface area contributed by atoms with E-state index in [1.54, 1.807) is 24.3 Å². The Morgan fingerprint density at radius 3 is 2.59 bits per heavy atom. The quantitative estimate of drug-likeness (QED) is 0.469. The van der Waals surface area contributed by atoms with E-state index in [1.165, 1.54) is 4.90 Å². The first kappa shape index (κ1) is 21.8. The maximum Gasteiger partial charge on any atom is 0.293 e. The summed E-state index contributed by atoms with van der Waals surface area (Å²) >= 11 is 13.0. The van der Waals surface area contributed by atoms with Gasteiger partial charge in [0.2, 0.25) is 0 Å². The van der Waals surface area contributed by atoms with Crippen molar-refractivity contribution in [1.29, 1.82) is 0 Å². The van der Waals surface area contributed by atoms with E-state index in [0.717, 1.165) is 28.6 Å². The van der Waals surface area contributed by atoms with Crippen LogP contribution in [0.2, 0.25) is 10.0 Å². The molecular formula is C22H21Cl2NO3S. The molecule has 2 aromatic carbocycles.